The van der Waals surface area contributed by atoms with E-state index in [1.54, 1.807) is 23.4 Å². The van der Waals surface area contributed by atoms with Crippen molar-refractivity contribution in [3.8, 4) is 11.3 Å². The van der Waals surface area contributed by atoms with E-state index in [4.69, 9.17) is 15.5 Å². The zero-order valence-corrected chi connectivity index (χ0v) is 14.5. The molecule has 2 aliphatic rings. The number of nitrogens with two attached hydrogens (primary N) is 1. The van der Waals surface area contributed by atoms with Crippen molar-refractivity contribution in [3.05, 3.63) is 24.5 Å². The molecule has 0 bridgehead atoms. The third-order valence-corrected chi connectivity index (χ3v) is 4.90. The van der Waals surface area contributed by atoms with Crippen molar-refractivity contribution in [1.82, 2.24) is 15.0 Å². The number of carbonyl (C=O) groups is 1. The summed E-state index contributed by atoms with van der Waals surface area (Å²) in [6, 6.07) is 3.58. The summed E-state index contributed by atoms with van der Waals surface area (Å²) >= 11 is 0. The molecule has 136 valence electrons. The lowest BCUT2D eigenvalue weighted by Gasteiger charge is -2.30. The molecule has 1 saturated heterocycles. The number of nitrogen functional groups attached to an aromatic ring is 1. The third kappa shape index (κ3) is 3.45. The van der Waals surface area contributed by atoms with Gasteiger partial charge in [-0.1, -0.05) is 0 Å². The van der Waals surface area contributed by atoms with Crippen LogP contribution in [0.25, 0.3) is 11.3 Å². The highest BCUT2D eigenvalue weighted by Crippen LogP contribution is 2.30. The average Bonchev–Trinajstić information content (AvgIpc) is 2.67. The highest BCUT2D eigenvalue weighted by molar-refractivity contribution is 6.00. The van der Waals surface area contributed by atoms with Gasteiger partial charge < -0.3 is 15.8 Å². The van der Waals surface area contributed by atoms with Gasteiger partial charge in [-0.3, -0.25) is 9.69 Å². The molecule has 0 unspecified atom stereocenters. The Kier molecular flexibility index (Phi) is 4.66. The molecule has 0 atom stereocenters. The molecule has 8 nitrogen and oxygen atoms in total. The maximum atomic E-state index is 12.5. The third-order valence-electron chi connectivity index (χ3n) is 4.90. The number of fused-ring (bicyclic) bond motifs is 1. The number of hydrogen-bond donors (Lipinski definition) is 2. The van der Waals surface area contributed by atoms with Crippen LogP contribution in [0.2, 0.25) is 0 Å². The molecule has 0 radical (unpaired) electrons. The first kappa shape index (κ1) is 16.7. The van der Waals surface area contributed by atoms with Crippen LogP contribution in [0.5, 0.6) is 0 Å². The van der Waals surface area contributed by atoms with E-state index in [0.29, 0.717) is 35.6 Å². The Morgan fingerprint density at radius 2 is 2.15 bits per heavy atom. The normalized spacial score (nSPS) is 17.7. The Morgan fingerprint density at radius 3 is 2.96 bits per heavy atom. The number of amides is 1. The van der Waals surface area contributed by atoms with E-state index >= 15 is 0 Å². The zero-order chi connectivity index (χ0) is 17.9. The van der Waals surface area contributed by atoms with Gasteiger partial charge in [0.15, 0.2) is 11.6 Å². The molecule has 0 aromatic carbocycles. The van der Waals surface area contributed by atoms with Crippen molar-refractivity contribution in [2.75, 3.05) is 42.3 Å². The fraction of sp³-hybridized carbons (Fsp3) is 0.444. The molecule has 0 aliphatic carbocycles. The molecule has 26 heavy (non-hydrogen) atoms. The Balaban J connectivity index is 1.58. The monoisotopic (exact) mass is 354 g/mol. The number of nitrogens with zero attached hydrogens (tertiary/aromatic N) is 4. The van der Waals surface area contributed by atoms with Crippen molar-refractivity contribution in [2.45, 2.75) is 19.3 Å². The van der Waals surface area contributed by atoms with Crippen molar-refractivity contribution < 1.29 is 9.53 Å². The molecule has 2 aromatic rings. The van der Waals surface area contributed by atoms with E-state index < -0.39 is 0 Å². The summed E-state index contributed by atoms with van der Waals surface area (Å²) in [4.78, 5) is 27.4. The molecule has 4 rings (SSSR count). The van der Waals surface area contributed by atoms with Gasteiger partial charge in [-0.05, 0) is 37.3 Å². The second-order valence-electron chi connectivity index (χ2n) is 6.64. The minimum Gasteiger partial charge on any atom is -0.384 e. The number of nitrogens with one attached hydrogen (secondary N) is 1. The van der Waals surface area contributed by atoms with Crippen LogP contribution in [-0.2, 0) is 9.53 Å². The molecule has 0 spiro atoms. The SMILES string of the molecule is Nc1cc(-c2cnc3c(n2)N(CCC2CCOCC2)C(=O)CN3)ccn1. The second kappa shape index (κ2) is 7.25. The van der Waals surface area contributed by atoms with Crippen molar-refractivity contribution in [3.63, 3.8) is 0 Å². The summed E-state index contributed by atoms with van der Waals surface area (Å²) in [6.45, 7) is 2.51. The van der Waals surface area contributed by atoms with E-state index in [0.717, 1.165) is 38.0 Å². The fourth-order valence-electron chi connectivity index (χ4n) is 3.39. The lowest BCUT2D eigenvalue weighted by Crippen LogP contribution is -2.42. The molecule has 1 amide bonds. The van der Waals surface area contributed by atoms with Gasteiger partial charge >= 0.3 is 0 Å². The minimum absolute atomic E-state index is 0.0188. The minimum atomic E-state index is 0.0188. The summed E-state index contributed by atoms with van der Waals surface area (Å²) in [6.07, 6.45) is 6.37. The molecule has 4 heterocycles. The van der Waals surface area contributed by atoms with Crippen LogP contribution in [0, 0.1) is 5.92 Å². The highest BCUT2D eigenvalue weighted by Gasteiger charge is 2.28. The van der Waals surface area contributed by atoms with E-state index in [1.165, 1.54) is 0 Å². The first-order valence-corrected chi connectivity index (χ1v) is 8.91. The van der Waals surface area contributed by atoms with E-state index in [1.807, 2.05) is 6.07 Å². The molecule has 1 fully saturated rings. The maximum Gasteiger partial charge on any atom is 0.247 e. The number of hydrogen-bond acceptors (Lipinski definition) is 7. The van der Waals surface area contributed by atoms with Gasteiger partial charge in [0.25, 0.3) is 0 Å². The molecule has 2 aromatic heterocycles. The average molecular weight is 354 g/mol. The van der Waals surface area contributed by atoms with E-state index in [-0.39, 0.29) is 12.5 Å². The Labute approximate surface area is 151 Å². The van der Waals surface area contributed by atoms with Gasteiger partial charge in [-0.15, -0.1) is 0 Å². The molecule has 8 heteroatoms. The van der Waals surface area contributed by atoms with Crippen LogP contribution in [-0.4, -0.2) is 47.2 Å². The predicted molar refractivity (Wildman–Crippen MR) is 98.7 cm³/mol. The first-order valence-electron chi connectivity index (χ1n) is 8.91. The Hall–Kier alpha value is -2.74. The van der Waals surface area contributed by atoms with Crippen LogP contribution in [0.15, 0.2) is 24.5 Å². The van der Waals surface area contributed by atoms with Gasteiger partial charge in [-0.2, -0.15) is 0 Å². The summed E-state index contributed by atoms with van der Waals surface area (Å²) in [5.41, 5.74) is 7.27. The van der Waals surface area contributed by atoms with Crippen molar-refractivity contribution in [1.29, 1.82) is 0 Å². The number of aromatic nitrogens is 3. The lowest BCUT2D eigenvalue weighted by molar-refractivity contribution is -0.117. The van der Waals surface area contributed by atoms with Gasteiger partial charge in [-0.25, -0.2) is 15.0 Å². The van der Waals surface area contributed by atoms with Crippen molar-refractivity contribution in [2.24, 2.45) is 5.92 Å². The molecule has 2 aliphatic heterocycles. The fourth-order valence-corrected chi connectivity index (χ4v) is 3.39. The maximum absolute atomic E-state index is 12.5. The number of carbonyl (C=O) groups excluding carboxylic acids is 1. The van der Waals surface area contributed by atoms with Crippen LogP contribution in [0.4, 0.5) is 17.5 Å². The first-order chi connectivity index (χ1) is 12.7. The highest BCUT2D eigenvalue weighted by atomic mass is 16.5. The van der Waals surface area contributed by atoms with Crippen LogP contribution in [0.1, 0.15) is 19.3 Å². The lowest BCUT2D eigenvalue weighted by atomic mass is 9.96. The van der Waals surface area contributed by atoms with Gasteiger partial charge in [0.05, 0.1) is 18.4 Å². The summed E-state index contributed by atoms with van der Waals surface area (Å²) in [5.74, 6) is 2.26. The Morgan fingerprint density at radius 1 is 1.31 bits per heavy atom. The quantitative estimate of drug-likeness (QED) is 0.860. The standard InChI is InChI=1S/C18H22N6O2/c19-15-9-13(1-5-20-15)14-10-21-17-18(23-14)24(16(25)11-22-17)6-2-12-3-7-26-8-4-12/h1,5,9-10,12H,2-4,6-8,11H2,(H2,19,20)(H,21,22). The number of pyridine rings is 1. The van der Waals surface area contributed by atoms with Crippen LogP contribution >= 0.6 is 0 Å². The molecular formula is C18H22N6O2. The molecule has 3 N–H and O–H groups in total. The van der Waals surface area contributed by atoms with Crippen LogP contribution in [0.3, 0.4) is 0 Å². The largest absolute Gasteiger partial charge is 0.384 e. The van der Waals surface area contributed by atoms with E-state index in [9.17, 15) is 4.79 Å². The number of anilines is 3. The second-order valence-corrected chi connectivity index (χ2v) is 6.64. The van der Waals surface area contributed by atoms with Crippen LogP contribution < -0.4 is 16.0 Å². The topological polar surface area (TPSA) is 106 Å². The van der Waals surface area contributed by atoms with Crippen molar-refractivity contribution >= 4 is 23.4 Å². The molecule has 0 saturated carbocycles. The smallest absolute Gasteiger partial charge is 0.247 e. The van der Waals surface area contributed by atoms with Gasteiger partial charge in [0.2, 0.25) is 5.91 Å². The zero-order valence-electron chi connectivity index (χ0n) is 14.5. The van der Waals surface area contributed by atoms with Gasteiger partial charge in [0, 0.05) is 31.5 Å². The summed E-state index contributed by atoms with van der Waals surface area (Å²) in [7, 11) is 0. The summed E-state index contributed by atoms with van der Waals surface area (Å²) in [5, 5.41) is 3.05. The Bertz CT molecular complexity index is 806. The number of ether oxygens (including phenoxy) is 1. The predicted octanol–water partition coefficient (Wildman–Crippen LogP) is 1.70. The van der Waals surface area contributed by atoms with E-state index in [2.05, 4.69) is 15.3 Å². The van der Waals surface area contributed by atoms with Gasteiger partial charge in [0.1, 0.15) is 5.82 Å². The molecular weight excluding hydrogens is 332 g/mol. The number of rotatable bonds is 4. The summed E-state index contributed by atoms with van der Waals surface area (Å²) < 4.78 is 5.42.